The van der Waals surface area contributed by atoms with E-state index in [-0.39, 0.29) is 6.04 Å². The number of aromatic nitrogens is 3. The Morgan fingerprint density at radius 1 is 1.12 bits per heavy atom. The quantitative estimate of drug-likeness (QED) is 0.875. The minimum absolute atomic E-state index is 0.284. The molecule has 0 saturated carbocycles. The van der Waals surface area contributed by atoms with Crippen molar-refractivity contribution in [2.75, 3.05) is 0 Å². The summed E-state index contributed by atoms with van der Waals surface area (Å²) in [7, 11) is 1.93. The molecule has 2 heterocycles. The SMILES string of the molecule is CC(N[C@@H](C)c1ccncc1)c1cnn(C)c1. The van der Waals surface area contributed by atoms with Crippen LogP contribution in [0, 0.1) is 0 Å². The first-order valence-electron chi connectivity index (χ1n) is 5.81. The second kappa shape index (κ2) is 5.10. The van der Waals surface area contributed by atoms with Gasteiger partial charge in [-0.15, -0.1) is 0 Å². The van der Waals surface area contributed by atoms with E-state index in [9.17, 15) is 0 Å². The summed E-state index contributed by atoms with van der Waals surface area (Å²) in [5, 5.41) is 7.73. The van der Waals surface area contributed by atoms with Gasteiger partial charge in [-0.2, -0.15) is 5.10 Å². The summed E-state index contributed by atoms with van der Waals surface area (Å²) in [5.41, 5.74) is 2.45. The van der Waals surface area contributed by atoms with Gasteiger partial charge in [0.2, 0.25) is 0 Å². The summed E-state index contributed by atoms with van der Waals surface area (Å²) >= 11 is 0. The zero-order valence-corrected chi connectivity index (χ0v) is 10.5. The summed E-state index contributed by atoms with van der Waals surface area (Å²) in [5.74, 6) is 0. The summed E-state index contributed by atoms with van der Waals surface area (Å²) in [4.78, 5) is 4.03. The van der Waals surface area contributed by atoms with Crippen LogP contribution >= 0.6 is 0 Å². The zero-order valence-electron chi connectivity index (χ0n) is 10.5. The van der Waals surface area contributed by atoms with E-state index >= 15 is 0 Å². The Morgan fingerprint density at radius 3 is 2.35 bits per heavy atom. The molecule has 0 aliphatic heterocycles. The van der Waals surface area contributed by atoms with Crippen LogP contribution < -0.4 is 5.32 Å². The summed E-state index contributed by atoms with van der Waals surface area (Å²) in [6.07, 6.45) is 7.58. The van der Waals surface area contributed by atoms with E-state index in [0.29, 0.717) is 6.04 Å². The third-order valence-corrected chi connectivity index (χ3v) is 2.93. The molecule has 17 heavy (non-hydrogen) atoms. The van der Waals surface area contributed by atoms with Crippen LogP contribution in [0.1, 0.15) is 37.1 Å². The standard InChI is InChI=1S/C13H18N4/c1-10(12-4-6-14-7-5-12)16-11(2)13-8-15-17(3)9-13/h4-11,16H,1-3H3/t10-,11?/m0/s1. The van der Waals surface area contributed by atoms with E-state index in [4.69, 9.17) is 0 Å². The Morgan fingerprint density at radius 2 is 1.76 bits per heavy atom. The molecule has 2 atom stereocenters. The third kappa shape index (κ3) is 2.91. The van der Waals surface area contributed by atoms with Gasteiger partial charge < -0.3 is 5.32 Å². The van der Waals surface area contributed by atoms with Crippen molar-refractivity contribution >= 4 is 0 Å². The van der Waals surface area contributed by atoms with Crippen molar-refractivity contribution < 1.29 is 0 Å². The molecule has 2 rings (SSSR count). The first-order valence-corrected chi connectivity index (χ1v) is 5.81. The van der Waals surface area contributed by atoms with Crippen molar-refractivity contribution in [1.29, 1.82) is 0 Å². The fraction of sp³-hybridized carbons (Fsp3) is 0.385. The van der Waals surface area contributed by atoms with Gasteiger partial charge in [0.05, 0.1) is 6.20 Å². The lowest BCUT2D eigenvalue weighted by atomic mass is 10.1. The molecule has 0 spiro atoms. The molecule has 0 aliphatic carbocycles. The Kier molecular flexibility index (Phi) is 3.54. The highest BCUT2D eigenvalue weighted by molar-refractivity contribution is 5.16. The normalized spacial score (nSPS) is 14.5. The molecule has 2 aromatic heterocycles. The largest absolute Gasteiger partial charge is 0.304 e. The van der Waals surface area contributed by atoms with E-state index in [1.54, 1.807) is 0 Å². The molecule has 0 amide bonds. The molecule has 0 aliphatic rings. The number of nitrogens with zero attached hydrogens (tertiary/aromatic N) is 3. The highest BCUT2D eigenvalue weighted by Gasteiger charge is 2.11. The monoisotopic (exact) mass is 230 g/mol. The maximum Gasteiger partial charge on any atom is 0.0537 e. The maximum atomic E-state index is 4.18. The topological polar surface area (TPSA) is 42.7 Å². The minimum Gasteiger partial charge on any atom is -0.304 e. The van der Waals surface area contributed by atoms with Crippen LogP contribution in [0.5, 0.6) is 0 Å². The molecule has 2 aromatic rings. The van der Waals surface area contributed by atoms with Crippen LogP contribution in [-0.4, -0.2) is 14.8 Å². The van der Waals surface area contributed by atoms with Crippen molar-refractivity contribution in [2.24, 2.45) is 7.05 Å². The first-order chi connectivity index (χ1) is 8.16. The Balaban J connectivity index is 2.02. The van der Waals surface area contributed by atoms with E-state index < -0.39 is 0 Å². The highest BCUT2D eigenvalue weighted by Crippen LogP contribution is 2.18. The zero-order chi connectivity index (χ0) is 12.3. The molecule has 1 N–H and O–H groups in total. The molecule has 0 fully saturated rings. The van der Waals surface area contributed by atoms with Gasteiger partial charge in [-0.25, -0.2) is 0 Å². The lowest BCUT2D eigenvalue weighted by molar-refractivity contribution is 0.494. The average molecular weight is 230 g/mol. The third-order valence-electron chi connectivity index (χ3n) is 2.93. The van der Waals surface area contributed by atoms with Crippen LogP contribution in [0.2, 0.25) is 0 Å². The number of nitrogens with one attached hydrogen (secondary N) is 1. The van der Waals surface area contributed by atoms with Crippen LogP contribution in [0.15, 0.2) is 36.9 Å². The first kappa shape index (κ1) is 11.8. The van der Waals surface area contributed by atoms with Crippen molar-refractivity contribution in [3.63, 3.8) is 0 Å². The van der Waals surface area contributed by atoms with Crippen molar-refractivity contribution in [3.05, 3.63) is 48.0 Å². The van der Waals surface area contributed by atoms with Crippen LogP contribution in [0.25, 0.3) is 0 Å². The van der Waals surface area contributed by atoms with Gasteiger partial charge >= 0.3 is 0 Å². The second-order valence-electron chi connectivity index (χ2n) is 4.34. The van der Waals surface area contributed by atoms with Crippen LogP contribution in [0.4, 0.5) is 0 Å². The van der Waals surface area contributed by atoms with Gasteiger partial charge in [-0.3, -0.25) is 9.67 Å². The van der Waals surface area contributed by atoms with E-state index in [2.05, 4.69) is 29.2 Å². The van der Waals surface area contributed by atoms with Crippen molar-refractivity contribution in [2.45, 2.75) is 25.9 Å². The van der Waals surface area contributed by atoms with Crippen LogP contribution in [0.3, 0.4) is 0 Å². The lowest BCUT2D eigenvalue weighted by Crippen LogP contribution is -2.22. The van der Waals surface area contributed by atoms with Crippen molar-refractivity contribution in [1.82, 2.24) is 20.1 Å². The van der Waals surface area contributed by atoms with Gasteiger partial charge in [0.15, 0.2) is 0 Å². The summed E-state index contributed by atoms with van der Waals surface area (Å²) < 4.78 is 1.82. The molecule has 0 saturated heterocycles. The molecule has 0 aromatic carbocycles. The predicted octanol–water partition coefficient (Wildman–Crippen LogP) is 2.23. The van der Waals surface area contributed by atoms with E-state index in [1.165, 1.54) is 11.1 Å². The molecular formula is C13H18N4. The molecular weight excluding hydrogens is 212 g/mol. The van der Waals surface area contributed by atoms with Gasteiger partial charge in [0, 0.05) is 43.3 Å². The number of aryl methyl sites for hydroxylation is 1. The molecule has 4 heteroatoms. The Labute approximate surface area is 102 Å². The summed E-state index contributed by atoms with van der Waals surface area (Å²) in [6.45, 7) is 4.30. The Bertz CT molecular complexity index is 463. The van der Waals surface area contributed by atoms with E-state index in [0.717, 1.165) is 0 Å². The molecule has 90 valence electrons. The smallest absolute Gasteiger partial charge is 0.0537 e. The predicted molar refractivity (Wildman–Crippen MR) is 67.4 cm³/mol. The van der Waals surface area contributed by atoms with Crippen LogP contribution in [-0.2, 0) is 7.05 Å². The van der Waals surface area contributed by atoms with Gasteiger partial charge in [-0.05, 0) is 31.5 Å². The Hall–Kier alpha value is -1.68. The molecule has 0 bridgehead atoms. The number of pyridine rings is 1. The summed E-state index contributed by atoms with van der Waals surface area (Å²) in [6, 6.07) is 4.65. The highest BCUT2D eigenvalue weighted by atomic mass is 15.2. The van der Waals surface area contributed by atoms with E-state index in [1.807, 2.05) is 48.6 Å². The van der Waals surface area contributed by atoms with Gasteiger partial charge in [-0.1, -0.05) is 0 Å². The average Bonchev–Trinajstić information content (AvgIpc) is 2.77. The molecule has 0 radical (unpaired) electrons. The fourth-order valence-electron chi connectivity index (χ4n) is 1.88. The molecule has 4 nitrogen and oxygen atoms in total. The van der Waals surface area contributed by atoms with Gasteiger partial charge in [0.1, 0.15) is 0 Å². The number of hydrogen-bond acceptors (Lipinski definition) is 3. The fourth-order valence-corrected chi connectivity index (χ4v) is 1.88. The maximum absolute atomic E-state index is 4.18. The lowest BCUT2D eigenvalue weighted by Gasteiger charge is -2.19. The molecule has 1 unspecified atom stereocenters. The van der Waals surface area contributed by atoms with Crippen molar-refractivity contribution in [3.8, 4) is 0 Å². The van der Waals surface area contributed by atoms with Gasteiger partial charge in [0.25, 0.3) is 0 Å². The minimum atomic E-state index is 0.284. The second-order valence-corrected chi connectivity index (χ2v) is 4.34. The number of rotatable bonds is 4. The number of hydrogen-bond donors (Lipinski definition) is 1.